The summed E-state index contributed by atoms with van der Waals surface area (Å²) in [5, 5.41) is 5.35. The Bertz CT molecular complexity index is 1880. The Morgan fingerprint density at radius 3 is 2.66 bits per heavy atom. The van der Waals surface area contributed by atoms with E-state index < -0.39 is 0 Å². The molecule has 6 rings (SSSR count). The quantitative estimate of drug-likeness (QED) is 0.0829. The summed E-state index contributed by atoms with van der Waals surface area (Å²) in [5.74, 6) is 0.915. The van der Waals surface area contributed by atoms with E-state index in [1.807, 2.05) is 73.7 Å². The van der Waals surface area contributed by atoms with Gasteiger partial charge < -0.3 is 9.47 Å². The Morgan fingerprint density at radius 1 is 1.07 bits per heavy atom. The zero-order chi connectivity index (χ0) is 30.5. The first-order valence-electron chi connectivity index (χ1n) is 14.4. The molecule has 1 amide bonds. The molecule has 0 radical (unpaired) electrons. The maximum atomic E-state index is 13.9. The molecular weight excluding hydrogens is 593 g/mol. The van der Waals surface area contributed by atoms with Crippen LogP contribution in [0.2, 0.25) is 0 Å². The largest absolute Gasteiger partial charge is 0.493 e. The molecule has 0 unspecified atom stereocenters. The number of nitrogens with one attached hydrogen (secondary N) is 1. The molecule has 5 aromatic rings. The number of fused-ring (bicyclic) bond motifs is 3. The Balaban J connectivity index is 1.17. The molecule has 0 atom stereocenters. The van der Waals surface area contributed by atoms with Crippen molar-refractivity contribution in [2.45, 2.75) is 44.4 Å². The van der Waals surface area contributed by atoms with E-state index >= 15 is 0 Å². The van der Waals surface area contributed by atoms with Gasteiger partial charge in [-0.1, -0.05) is 59.8 Å². The number of benzene rings is 3. The molecule has 0 saturated carbocycles. The molecule has 10 heteroatoms. The molecule has 2 aromatic heterocycles. The second-order valence-electron chi connectivity index (χ2n) is 10.5. The molecule has 8 nitrogen and oxygen atoms in total. The highest BCUT2D eigenvalue weighted by Gasteiger charge is 2.23. The van der Waals surface area contributed by atoms with Crippen molar-refractivity contribution >= 4 is 45.4 Å². The highest BCUT2D eigenvalue weighted by atomic mass is 32.2. The lowest BCUT2D eigenvalue weighted by Crippen LogP contribution is -2.24. The normalized spacial score (nSPS) is 12.8. The molecule has 224 valence electrons. The number of hydrogen-bond donors (Lipinski definition) is 1. The maximum Gasteiger partial charge on any atom is 0.267 e. The van der Waals surface area contributed by atoms with E-state index in [-0.39, 0.29) is 17.2 Å². The maximum absolute atomic E-state index is 13.9. The number of amides is 1. The van der Waals surface area contributed by atoms with E-state index in [1.54, 1.807) is 35.3 Å². The standard InChI is InChI=1S/C34H32N4O4S2/c1-22-12-15-25(16-13-22)38-33(40)31-26-10-6-7-11-29(26)44-32(31)36-34(38)43-21-30(39)37-35-19-24-14-17-27(41-2)28(18-24)42-20-23-8-4-3-5-9-23/h3-5,8-9,12-19H,6-7,10-11,20-21H2,1-2H3,(H,37,39)/b35-19+. The van der Waals surface area contributed by atoms with Crippen molar-refractivity contribution in [2.75, 3.05) is 12.9 Å². The second-order valence-corrected chi connectivity index (χ2v) is 12.6. The molecule has 2 heterocycles. The number of aromatic nitrogens is 2. The number of methoxy groups -OCH3 is 1. The van der Waals surface area contributed by atoms with Crippen molar-refractivity contribution < 1.29 is 14.3 Å². The Hall–Kier alpha value is -4.41. The first-order chi connectivity index (χ1) is 21.5. The minimum Gasteiger partial charge on any atom is -0.493 e. The van der Waals surface area contributed by atoms with E-state index in [0.29, 0.717) is 23.3 Å². The van der Waals surface area contributed by atoms with Gasteiger partial charge in [0.15, 0.2) is 16.7 Å². The topological polar surface area (TPSA) is 94.8 Å². The molecule has 0 spiro atoms. The van der Waals surface area contributed by atoms with Gasteiger partial charge in [-0.15, -0.1) is 11.3 Å². The summed E-state index contributed by atoms with van der Waals surface area (Å²) in [6, 6.07) is 23.1. The minimum atomic E-state index is -0.310. The van der Waals surface area contributed by atoms with Crippen LogP contribution in [0.4, 0.5) is 0 Å². The van der Waals surface area contributed by atoms with Crippen LogP contribution in [-0.4, -0.2) is 34.5 Å². The van der Waals surface area contributed by atoms with Crippen LogP contribution in [0.1, 0.15) is 40.0 Å². The van der Waals surface area contributed by atoms with E-state index in [9.17, 15) is 9.59 Å². The van der Waals surface area contributed by atoms with Crippen LogP contribution in [-0.2, 0) is 24.2 Å². The zero-order valence-corrected chi connectivity index (χ0v) is 26.2. The first kappa shape index (κ1) is 29.7. The van der Waals surface area contributed by atoms with Crippen LogP contribution >= 0.6 is 23.1 Å². The Kier molecular flexibility index (Phi) is 9.09. The second kappa shape index (κ2) is 13.5. The summed E-state index contributed by atoms with van der Waals surface area (Å²) in [5.41, 5.74) is 7.27. The van der Waals surface area contributed by atoms with Crippen molar-refractivity contribution in [1.82, 2.24) is 15.0 Å². The van der Waals surface area contributed by atoms with E-state index in [0.717, 1.165) is 63.8 Å². The van der Waals surface area contributed by atoms with Gasteiger partial charge in [-0.3, -0.25) is 14.2 Å². The highest BCUT2D eigenvalue weighted by molar-refractivity contribution is 7.99. The molecule has 0 saturated heterocycles. The molecule has 1 aliphatic rings. The van der Waals surface area contributed by atoms with Gasteiger partial charge in [-0.2, -0.15) is 5.10 Å². The Labute approximate surface area is 263 Å². The number of hydrazone groups is 1. The fourth-order valence-corrected chi connectivity index (χ4v) is 7.28. The molecule has 3 aromatic carbocycles. The number of aryl methyl sites for hydroxylation is 3. The fraction of sp³-hybridized carbons (Fsp3) is 0.235. The monoisotopic (exact) mass is 624 g/mol. The van der Waals surface area contributed by atoms with E-state index in [4.69, 9.17) is 14.5 Å². The molecule has 1 aliphatic carbocycles. The fourth-order valence-electron chi connectivity index (χ4n) is 5.17. The van der Waals surface area contributed by atoms with Gasteiger partial charge >= 0.3 is 0 Å². The van der Waals surface area contributed by atoms with Crippen LogP contribution in [0, 0.1) is 6.92 Å². The molecule has 0 bridgehead atoms. The predicted molar refractivity (Wildman–Crippen MR) is 177 cm³/mol. The average molecular weight is 625 g/mol. The van der Waals surface area contributed by atoms with Crippen molar-refractivity contribution in [2.24, 2.45) is 5.10 Å². The number of thioether (sulfide) groups is 1. The molecule has 0 fully saturated rings. The number of hydrogen-bond acceptors (Lipinski definition) is 8. The Morgan fingerprint density at radius 2 is 1.86 bits per heavy atom. The average Bonchev–Trinajstić information content (AvgIpc) is 3.43. The van der Waals surface area contributed by atoms with Crippen LogP contribution in [0.25, 0.3) is 15.9 Å². The zero-order valence-electron chi connectivity index (χ0n) is 24.5. The summed E-state index contributed by atoms with van der Waals surface area (Å²) < 4.78 is 13.1. The number of thiophene rings is 1. The lowest BCUT2D eigenvalue weighted by molar-refractivity contribution is -0.118. The number of carbonyl (C=O) groups excluding carboxylic acids is 1. The van der Waals surface area contributed by atoms with Gasteiger partial charge in [0.1, 0.15) is 11.4 Å². The lowest BCUT2D eigenvalue weighted by Gasteiger charge is -2.13. The predicted octanol–water partition coefficient (Wildman–Crippen LogP) is 6.46. The van der Waals surface area contributed by atoms with Gasteiger partial charge in [-0.05, 0) is 79.6 Å². The number of nitrogens with zero attached hydrogens (tertiary/aromatic N) is 3. The summed E-state index contributed by atoms with van der Waals surface area (Å²) in [7, 11) is 1.59. The van der Waals surface area contributed by atoms with E-state index in [2.05, 4.69) is 10.5 Å². The highest BCUT2D eigenvalue weighted by Crippen LogP contribution is 2.35. The minimum absolute atomic E-state index is 0.0420. The molecule has 1 N–H and O–H groups in total. The summed E-state index contributed by atoms with van der Waals surface area (Å²) in [4.78, 5) is 33.7. The third kappa shape index (κ3) is 6.56. The van der Waals surface area contributed by atoms with Crippen molar-refractivity contribution in [1.29, 1.82) is 0 Å². The molecular formula is C34H32N4O4S2. The van der Waals surface area contributed by atoms with Crippen molar-refractivity contribution in [3.63, 3.8) is 0 Å². The smallest absolute Gasteiger partial charge is 0.267 e. The van der Waals surface area contributed by atoms with Gasteiger partial charge in [0.05, 0.1) is 30.2 Å². The SMILES string of the molecule is COc1ccc(/C=N/NC(=O)CSc2nc3sc4c(c3c(=O)n2-c2ccc(C)cc2)CCCC4)cc1OCc1ccccc1. The third-order valence-electron chi connectivity index (χ3n) is 7.41. The van der Waals surface area contributed by atoms with Crippen LogP contribution in [0.5, 0.6) is 11.5 Å². The number of rotatable bonds is 10. The van der Waals surface area contributed by atoms with Gasteiger partial charge in [0, 0.05) is 4.88 Å². The van der Waals surface area contributed by atoms with E-state index in [1.165, 1.54) is 16.6 Å². The summed E-state index contributed by atoms with van der Waals surface area (Å²) in [6.07, 6.45) is 5.66. The summed E-state index contributed by atoms with van der Waals surface area (Å²) in [6.45, 7) is 2.40. The number of ether oxygens (including phenoxy) is 2. The van der Waals surface area contributed by atoms with Crippen LogP contribution in [0.15, 0.2) is 87.8 Å². The molecule has 0 aliphatic heterocycles. The van der Waals surface area contributed by atoms with Crippen molar-refractivity contribution in [3.8, 4) is 17.2 Å². The first-order valence-corrected chi connectivity index (χ1v) is 16.2. The number of carbonyl (C=O) groups is 1. The van der Waals surface area contributed by atoms with Gasteiger partial charge in [0.2, 0.25) is 0 Å². The van der Waals surface area contributed by atoms with Crippen LogP contribution in [0.3, 0.4) is 0 Å². The van der Waals surface area contributed by atoms with Gasteiger partial charge in [-0.25, -0.2) is 10.4 Å². The third-order valence-corrected chi connectivity index (χ3v) is 9.53. The molecule has 44 heavy (non-hydrogen) atoms. The van der Waals surface area contributed by atoms with Crippen LogP contribution < -0.4 is 20.5 Å². The summed E-state index contributed by atoms with van der Waals surface area (Å²) >= 11 is 2.83. The van der Waals surface area contributed by atoms with Gasteiger partial charge in [0.25, 0.3) is 11.5 Å². The van der Waals surface area contributed by atoms with Crippen molar-refractivity contribution in [3.05, 3.63) is 110 Å². The lowest BCUT2D eigenvalue weighted by atomic mass is 9.97.